The Morgan fingerprint density at radius 3 is 2.39 bits per heavy atom. The molecule has 0 fully saturated rings. The molecule has 7 heteroatoms. The van der Waals surface area contributed by atoms with Crippen LogP contribution in [0.2, 0.25) is 0 Å². The van der Waals surface area contributed by atoms with E-state index in [0.29, 0.717) is 5.56 Å². The molecule has 0 radical (unpaired) electrons. The van der Waals surface area contributed by atoms with Gasteiger partial charge in [0.1, 0.15) is 18.2 Å². The Morgan fingerprint density at radius 1 is 1.11 bits per heavy atom. The number of nitrogens with one attached hydrogen (secondary N) is 1. The van der Waals surface area contributed by atoms with Crippen LogP contribution >= 0.6 is 0 Å². The second-order valence-corrected chi connectivity index (χ2v) is 7.24. The lowest BCUT2D eigenvalue weighted by atomic mass is 10.0. The highest BCUT2D eigenvalue weighted by Gasteiger charge is 2.26. The quantitative estimate of drug-likeness (QED) is 0.750. The fourth-order valence-electron chi connectivity index (χ4n) is 2.48. The number of hydrogen-bond donors (Lipinski definition) is 2. The van der Waals surface area contributed by atoms with E-state index in [0.717, 1.165) is 5.56 Å². The zero-order valence-electron chi connectivity index (χ0n) is 16.1. The third-order valence-corrected chi connectivity index (χ3v) is 3.69. The van der Waals surface area contributed by atoms with E-state index < -0.39 is 29.5 Å². The van der Waals surface area contributed by atoms with Crippen LogP contribution in [0.25, 0.3) is 0 Å². The van der Waals surface area contributed by atoms with Gasteiger partial charge in [0.2, 0.25) is 0 Å². The Labute approximate surface area is 163 Å². The number of halogens is 1. The minimum Gasteiger partial charge on any atom is -0.486 e. The number of rotatable bonds is 7. The first-order chi connectivity index (χ1) is 13.2. The number of carboxylic acids is 1. The number of ether oxygens (including phenoxy) is 2. The number of para-hydroxylation sites is 1. The van der Waals surface area contributed by atoms with Crippen LogP contribution in [-0.2, 0) is 22.6 Å². The molecule has 0 bridgehead atoms. The van der Waals surface area contributed by atoms with E-state index in [2.05, 4.69) is 5.32 Å². The number of alkyl carbamates (subject to hydrolysis) is 1. The van der Waals surface area contributed by atoms with E-state index in [9.17, 15) is 19.1 Å². The van der Waals surface area contributed by atoms with Gasteiger partial charge in [-0.2, -0.15) is 0 Å². The molecule has 0 aromatic heterocycles. The van der Waals surface area contributed by atoms with Gasteiger partial charge in [-0.15, -0.1) is 0 Å². The summed E-state index contributed by atoms with van der Waals surface area (Å²) >= 11 is 0. The molecule has 150 valence electrons. The van der Waals surface area contributed by atoms with Crippen molar-refractivity contribution in [2.24, 2.45) is 0 Å². The smallest absolute Gasteiger partial charge is 0.408 e. The summed E-state index contributed by atoms with van der Waals surface area (Å²) in [5.74, 6) is -1.90. The summed E-state index contributed by atoms with van der Waals surface area (Å²) in [5.41, 5.74) is 0.411. The Kier molecular flexibility index (Phi) is 6.98. The highest BCUT2D eigenvalue weighted by atomic mass is 19.1. The average molecular weight is 389 g/mol. The van der Waals surface area contributed by atoms with Gasteiger partial charge in [0.25, 0.3) is 0 Å². The maximum Gasteiger partial charge on any atom is 0.408 e. The molecule has 0 aliphatic carbocycles. The van der Waals surface area contributed by atoms with Gasteiger partial charge in [-0.1, -0.05) is 42.5 Å². The first kappa shape index (κ1) is 21.2. The fourth-order valence-corrected chi connectivity index (χ4v) is 2.48. The summed E-state index contributed by atoms with van der Waals surface area (Å²) < 4.78 is 25.0. The van der Waals surface area contributed by atoms with Crippen molar-refractivity contribution in [2.75, 3.05) is 0 Å². The summed E-state index contributed by atoms with van der Waals surface area (Å²) in [6.07, 6.45) is -1.01. The molecule has 2 rings (SSSR count). The minimum atomic E-state index is -1.30. The maximum absolute atomic E-state index is 14.3. The van der Waals surface area contributed by atoms with Crippen molar-refractivity contribution in [3.05, 3.63) is 65.5 Å². The second kappa shape index (κ2) is 9.21. The van der Waals surface area contributed by atoms with E-state index in [1.807, 2.05) is 30.3 Å². The number of carbonyl (C=O) groups is 2. The Bertz CT molecular complexity index is 817. The van der Waals surface area contributed by atoms with Crippen molar-refractivity contribution in [1.82, 2.24) is 5.32 Å². The van der Waals surface area contributed by atoms with E-state index in [-0.39, 0.29) is 18.8 Å². The molecule has 6 nitrogen and oxygen atoms in total. The molecule has 2 N–H and O–H groups in total. The maximum atomic E-state index is 14.3. The lowest BCUT2D eigenvalue weighted by Crippen LogP contribution is -2.44. The van der Waals surface area contributed by atoms with Gasteiger partial charge in [-0.3, -0.25) is 0 Å². The van der Waals surface area contributed by atoms with Gasteiger partial charge >= 0.3 is 12.1 Å². The highest BCUT2D eigenvalue weighted by molar-refractivity contribution is 5.80. The Balaban J connectivity index is 2.15. The molecule has 0 spiro atoms. The molecule has 0 aliphatic rings. The predicted molar refractivity (Wildman–Crippen MR) is 102 cm³/mol. The van der Waals surface area contributed by atoms with Crippen LogP contribution in [-0.4, -0.2) is 28.8 Å². The molecule has 2 aromatic carbocycles. The van der Waals surface area contributed by atoms with E-state index in [4.69, 9.17) is 9.47 Å². The lowest BCUT2D eigenvalue weighted by molar-refractivity contribution is -0.139. The van der Waals surface area contributed by atoms with Crippen LogP contribution < -0.4 is 10.1 Å². The summed E-state index contributed by atoms with van der Waals surface area (Å²) in [6.45, 7) is 5.14. The number of amides is 1. The Hall–Kier alpha value is -3.09. The van der Waals surface area contributed by atoms with Gasteiger partial charge in [0.05, 0.1) is 0 Å². The minimum absolute atomic E-state index is 0.0383. The zero-order chi connectivity index (χ0) is 20.7. The summed E-state index contributed by atoms with van der Waals surface area (Å²) in [6, 6.07) is 12.2. The van der Waals surface area contributed by atoms with Gasteiger partial charge in [-0.05, 0) is 38.0 Å². The topological polar surface area (TPSA) is 84.9 Å². The molecule has 0 saturated carbocycles. The molecule has 0 heterocycles. The lowest BCUT2D eigenvalue weighted by Gasteiger charge is -2.22. The number of carboxylic acid groups (broad SMARTS) is 1. The fraction of sp³-hybridized carbons (Fsp3) is 0.333. The standard InChI is InChI=1S/C21H24FNO5/c1-21(2,3)28-20(26)23-17(19(24)25)12-15-10-7-11-16(22)18(15)27-13-14-8-5-4-6-9-14/h4-11,17H,12-13H2,1-3H3,(H,23,26)(H,24,25)/t17-/m0/s1. The van der Waals surface area contributed by atoms with Crippen molar-refractivity contribution in [3.63, 3.8) is 0 Å². The molecule has 0 aliphatic heterocycles. The van der Waals surface area contributed by atoms with Crippen molar-refractivity contribution in [1.29, 1.82) is 0 Å². The van der Waals surface area contributed by atoms with E-state index >= 15 is 0 Å². The monoisotopic (exact) mass is 389 g/mol. The van der Waals surface area contributed by atoms with Gasteiger partial charge < -0.3 is 19.9 Å². The van der Waals surface area contributed by atoms with Crippen LogP contribution in [0.15, 0.2) is 48.5 Å². The van der Waals surface area contributed by atoms with Gasteiger partial charge in [0, 0.05) is 6.42 Å². The van der Waals surface area contributed by atoms with Crippen molar-refractivity contribution < 1.29 is 28.6 Å². The summed E-state index contributed by atoms with van der Waals surface area (Å²) in [4.78, 5) is 23.5. The SMILES string of the molecule is CC(C)(C)OC(=O)N[C@@H](Cc1cccc(F)c1OCc1ccccc1)C(=O)O. The number of aliphatic carboxylic acids is 1. The Morgan fingerprint density at radius 2 is 1.79 bits per heavy atom. The molecule has 0 unspecified atom stereocenters. The molecule has 1 atom stereocenters. The van der Waals surface area contributed by atoms with E-state index in [1.165, 1.54) is 12.1 Å². The third-order valence-electron chi connectivity index (χ3n) is 3.69. The number of benzene rings is 2. The summed E-state index contributed by atoms with van der Waals surface area (Å²) in [7, 11) is 0. The predicted octanol–water partition coefficient (Wildman–Crippen LogP) is 3.93. The average Bonchev–Trinajstić information content (AvgIpc) is 2.60. The van der Waals surface area contributed by atoms with E-state index in [1.54, 1.807) is 26.8 Å². The van der Waals surface area contributed by atoms with Crippen LogP contribution in [0.4, 0.5) is 9.18 Å². The molecule has 28 heavy (non-hydrogen) atoms. The number of hydrogen-bond acceptors (Lipinski definition) is 4. The van der Waals surface area contributed by atoms with Crippen LogP contribution in [0.1, 0.15) is 31.9 Å². The molecule has 1 amide bonds. The van der Waals surface area contributed by atoms with Crippen LogP contribution in [0, 0.1) is 5.82 Å². The normalized spacial score (nSPS) is 12.1. The van der Waals surface area contributed by atoms with Crippen molar-refractivity contribution >= 4 is 12.1 Å². The molecule has 0 saturated heterocycles. The zero-order valence-corrected chi connectivity index (χ0v) is 16.1. The second-order valence-electron chi connectivity index (χ2n) is 7.24. The highest BCUT2D eigenvalue weighted by Crippen LogP contribution is 2.25. The summed E-state index contributed by atoms with van der Waals surface area (Å²) in [5, 5.41) is 11.7. The number of carbonyl (C=O) groups excluding carboxylic acids is 1. The molecular weight excluding hydrogens is 365 g/mol. The first-order valence-electron chi connectivity index (χ1n) is 8.82. The first-order valence-corrected chi connectivity index (χ1v) is 8.82. The van der Waals surface area contributed by atoms with Crippen LogP contribution in [0.5, 0.6) is 5.75 Å². The molecule has 2 aromatic rings. The van der Waals surface area contributed by atoms with Gasteiger partial charge in [0.15, 0.2) is 11.6 Å². The largest absolute Gasteiger partial charge is 0.486 e. The molecular formula is C21H24FNO5. The third kappa shape index (κ3) is 6.57. The van der Waals surface area contributed by atoms with Gasteiger partial charge in [-0.25, -0.2) is 14.0 Å². The van der Waals surface area contributed by atoms with Crippen molar-refractivity contribution in [2.45, 2.75) is 45.4 Å². The van der Waals surface area contributed by atoms with Crippen LogP contribution in [0.3, 0.4) is 0 Å². The van der Waals surface area contributed by atoms with Crippen molar-refractivity contribution in [3.8, 4) is 5.75 Å².